The van der Waals surface area contributed by atoms with Crippen LogP contribution in [0.3, 0.4) is 0 Å². The van der Waals surface area contributed by atoms with E-state index < -0.39 is 42.3 Å². The summed E-state index contributed by atoms with van der Waals surface area (Å²) in [6.45, 7) is -2.43. The van der Waals surface area contributed by atoms with Crippen LogP contribution < -0.4 is 4.72 Å². The Morgan fingerprint density at radius 3 is 2.38 bits per heavy atom. The van der Waals surface area contributed by atoms with Crippen LogP contribution in [0.2, 0.25) is 0 Å². The highest BCUT2D eigenvalue weighted by atomic mass is 32.2. The summed E-state index contributed by atoms with van der Waals surface area (Å²) in [5.74, 6) is 0.0848. The number of sulfonamides is 1. The van der Waals surface area contributed by atoms with Gasteiger partial charge < -0.3 is 4.57 Å². The molecule has 4 rings (SSSR count). The Balaban J connectivity index is 1.81. The minimum Gasteiger partial charge on any atom is -0.334 e. The maximum absolute atomic E-state index is 13.0. The van der Waals surface area contributed by atoms with Gasteiger partial charge in [0.15, 0.2) is 5.82 Å². The predicted molar refractivity (Wildman–Crippen MR) is 116 cm³/mol. The van der Waals surface area contributed by atoms with Gasteiger partial charge in [-0.25, -0.2) is 40.7 Å². The fourth-order valence-corrected chi connectivity index (χ4v) is 5.07. The van der Waals surface area contributed by atoms with Gasteiger partial charge in [-0.1, -0.05) is 12.1 Å². The smallest absolute Gasteiger partial charge is 0.244 e. The van der Waals surface area contributed by atoms with E-state index in [1.165, 1.54) is 0 Å². The number of nitrogens with zero attached hydrogens (tertiary/aromatic N) is 4. The van der Waals surface area contributed by atoms with Crippen molar-refractivity contribution in [2.24, 2.45) is 0 Å². The molecule has 0 saturated heterocycles. The average molecular weight is 496 g/mol. The third-order valence-electron chi connectivity index (χ3n) is 5.85. The number of hydrogen-bond donors (Lipinski definition) is 1. The standard InChI is InChI=1S/C22H21F4N5O2S/c23-8-14(9-24)30-34(32,33)16-11-28-22(29-12-16)21-18(10-27)17-5-4-13(7-20(25)26)6-19(17)31(21)15-2-1-3-15/h4-6,11-12,14-15,20,30H,1-3,7-9H2. The van der Waals surface area contributed by atoms with Crippen LogP contribution >= 0.6 is 0 Å². The molecule has 0 unspecified atom stereocenters. The number of fused-ring (bicyclic) bond motifs is 1. The van der Waals surface area contributed by atoms with Crippen molar-refractivity contribution < 1.29 is 26.0 Å². The van der Waals surface area contributed by atoms with Crippen molar-refractivity contribution in [1.82, 2.24) is 19.3 Å². The van der Waals surface area contributed by atoms with Gasteiger partial charge in [0.25, 0.3) is 0 Å². The maximum Gasteiger partial charge on any atom is 0.244 e. The quantitative estimate of drug-likeness (QED) is 0.451. The lowest BCUT2D eigenvalue weighted by Crippen LogP contribution is -2.38. The van der Waals surface area contributed by atoms with E-state index in [9.17, 15) is 31.2 Å². The van der Waals surface area contributed by atoms with Gasteiger partial charge in [0, 0.05) is 17.8 Å². The largest absolute Gasteiger partial charge is 0.334 e. The lowest BCUT2D eigenvalue weighted by atomic mass is 9.92. The van der Waals surface area contributed by atoms with E-state index in [1.807, 2.05) is 9.29 Å². The molecule has 1 saturated carbocycles. The maximum atomic E-state index is 13.0. The minimum atomic E-state index is -4.26. The summed E-state index contributed by atoms with van der Waals surface area (Å²) in [5.41, 5.74) is 1.68. The summed E-state index contributed by atoms with van der Waals surface area (Å²) in [6.07, 6.45) is 1.69. The summed E-state index contributed by atoms with van der Waals surface area (Å²) < 4.78 is 80.0. The molecule has 1 aliphatic rings. The Morgan fingerprint density at radius 1 is 1.18 bits per heavy atom. The van der Waals surface area contributed by atoms with Gasteiger partial charge in [-0.2, -0.15) is 5.26 Å². The third kappa shape index (κ3) is 4.50. The van der Waals surface area contributed by atoms with Crippen molar-refractivity contribution in [3.63, 3.8) is 0 Å². The second-order valence-corrected chi connectivity index (χ2v) is 9.82. The van der Waals surface area contributed by atoms with Crippen LogP contribution in [0.25, 0.3) is 22.4 Å². The van der Waals surface area contributed by atoms with E-state index in [0.29, 0.717) is 22.2 Å². The number of aromatic nitrogens is 3. The molecule has 1 aliphatic carbocycles. The highest BCUT2D eigenvalue weighted by Crippen LogP contribution is 2.42. The monoisotopic (exact) mass is 495 g/mol. The molecule has 1 N–H and O–H groups in total. The first kappa shape index (κ1) is 24.1. The zero-order valence-corrected chi connectivity index (χ0v) is 18.7. The Hall–Kier alpha value is -3.04. The molecule has 0 atom stereocenters. The van der Waals surface area contributed by atoms with Gasteiger partial charge in [0.2, 0.25) is 16.4 Å². The number of hydrogen-bond acceptors (Lipinski definition) is 5. The van der Waals surface area contributed by atoms with Crippen LogP contribution in [0.4, 0.5) is 17.6 Å². The second kappa shape index (κ2) is 9.68. The van der Waals surface area contributed by atoms with E-state index in [4.69, 9.17) is 0 Å². The SMILES string of the molecule is N#Cc1c(-c2ncc(S(=O)(=O)NC(CF)CF)cn2)n(C2CCC2)c2cc(CC(F)F)ccc12. The highest BCUT2D eigenvalue weighted by molar-refractivity contribution is 7.89. The fraction of sp³-hybridized carbons (Fsp3) is 0.409. The molecule has 0 bridgehead atoms. The van der Waals surface area contributed by atoms with E-state index in [2.05, 4.69) is 16.0 Å². The van der Waals surface area contributed by atoms with Gasteiger partial charge >= 0.3 is 0 Å². The molecule has 7 nitrogen and oxygen atoms in total. The summed E-state index contributed by atoms with van der Waals surface area (Å²) in [4.78, 5) is 7.90. The summed E-state index contributed by atoms with van der Waals surface area (Å²) in [7, 11) is -4.26. The first-order valence-electron chi connectivity index (χ1n) is 10.6. The molecule has 0 radical (unpaired) electrons. The Kier molecular flexibility index (Phi) is 6.86. The van der Waals surface area contributed by atoms with Crippen LogP contribution in [0, 0.1) is 11.3 Å². The number of nitrogens with one attached hydrogen (secondary N) is 1. The van der Waals surface area contributed by atoms with Crippen molar-refractivity contribution in [3.8, 4) is 17.6 Å². The number of rotatable bonds is 9. The number of alkyl halides is 4. The zero-order chi connectivity index (χ0) is 24.5. The molecule has 0 aliphatic heterocycles. The van der Waals surface area contributed by atoms with Gasteiger partial charge in [0.05, 0.1) is 29.5 Å². The lowest BCUT2D eigenvalue weighted by Gasteiger charge is -2.29. The van der Waals surface area contributed by atoms with Gasteiger partial charge in [-0.15, -0.1) is 0 Å². The molecule has 0 spiro atoms. The van der Waals surface area contributed by atoms with Crippen molar-refractivity contribution in [2.45, 2.75) is 49.1 Å². The Morgan fingerprint density at radius 2 is 1.85 bits per heavy atom. The summed E-state index contributed by atoms with van der Waals surface area (Å²) in [5, 5.41) is 10.5. The van der Waals surface area contributed by atoms with Crippen LogP contribution in [-0.2, 0) is 16.4 Å². The molecular weight excluding hydrogens is 474 g/mol. The van der Waals surface area contributed by atoms with E-state index in [0.717, 1.165) is 31.7 Å². The number of halogens is 4. The van der Waals surface area contributed by atoms with Crippen LogP contribution in [0.5, 0.6) is 0 Å². The fourth-order valence-electron chi connectivity index (χ4n) is 3.99. The molecule has 1 aromatic carbocycles. The third-order valence-corrected chi connectivity index (χ3v) is 7.33. The number of nitriles is 1. The molecule has 0 amide bonds. The molecule has 2 aromatic heterocycles. The molecule has 12 heteroatoms. The first-order valence-corrected chi connectivity index (χ1v) is 12.1. The average Bonchev–Trinajstić information content (AvgIpc) is 3.09. The van der Waals surface area contributed by atoms with E-state index in [-0.39, 0.29) is 22.3 Å². The van der Waals surface area contributed by atoms with Crippen molar-refractivity contribution >= 4 is 20.9 Å². The highest BCUT2D eigenvalue weighted by Gasteiger charge is 2.30. The zero-order valence-electron chi connectivity index (χ0n) is 17.9. The molecule has 180 valence electrons. The van der Waals surface area contributed by atoms with Crippen molar-refractivity contribution in [1.29, 1.82) is 5.26 Å². The molecular formula is C22H21F4N5O2S. The van der Waals surface area contributed by atoms with Gasteiger partial charge in [-0.3, -0.25) is 0 Å². The van der Waals surface area contributed by atoms with Crippen LogP contribution in [-0.4, -0.2) is 48.8 Å². The molecule has 3 aromatic rings. The Labute approximate surface area is 193 Å². The number of benzene rings is 1. The van der Waals surface area contributed by atoms with Gasteiger partial charge in [-0.05, 0) is 30.9 Å². The Bertz CT molecular complexity index is 1330. The topological polar surface area (TPSA) is 101 Å². The summed E-state index contributed by atoms with van der Waals surface area (Å²) in [6, 6.07) is 5.47. The van der Waals surface area contributed by atoms with Crippen LogP contribution in [0.15, 0.2) is 35.5 Å². The van der Waals surface area contributed by atoms with E-state index in [1.54, 1.807) is 18.2 Å². The van der Waals surface area contributed by atoms with E-state index >= 15 is 0 Å². The normalized spacial score (nSPS) is 14.6. The molecule has 34 heavy (non-hydrogen) atoms. The second-order valence-electron chi connectivity index (χ2n) is 8.11. The predicted octanol–water partition coefficient (Wildman–Crippen LogP) is 4.09. The van der Waals surface area contributed by atoms with Crippen LogP contribution in [0.1, 0.15) is 36.4 Å². The minimum absolute atomic E-state index is 0.0185. The van der Waals surface area contributed by atoms with Crippen molar-refractivity contribution in [2.75, 3.05) is 13.3 Å². The molecule has 1 fully saturated rings. The summed E-state index contributed by atoms with van der Waals surface area (Å²) >= 11 is 0. The first-order chi connectivity index (χ1) is 16.3. The lowest BCUT2D eigenvalue weighted by molar-refractivity contribution is 0.149. The molecule has 2 heterocycles. The van der Waals surface area contributed by atoms with Crippen molar-refractivity contribution in [3.05, 3.63) is 41.7 Å². The van der Waals surface area contributed by atoms with Gasteiger partial charge in [0.1, 0.15) is 30.0 Å².